The Hall–Kier alpha value is -0.123. The van der Waals surface area contributed by atoms with E-state index in [1.807, 2.05) is 4.57 Å². The normalized spacial score (nSPS) is 12.1. The Morgan fingerprint density at radius 3 is 2.71 bits per heavy atom. The number of aromatic nitrogens is 2. The molecule has 0 N–H and O–H groups in total. The lowest BCUT2D eigenvalue weighted by Gasteiger charge is -2.15. The van der Waals surface area contributed by atoms with Crippen LogP contribution in [0.3, 0.4) is 0 Å². The number of pyridine rings is 1. The second kappa shape index (κ2) is 6.97. The Bertz CT molecular complexity index is 640. The first-order chi connectivity index (χ1) is 9.83. The van der Waals surface area contributed by atoms with Crippen LogP contribution in [0.25, 0.3) is 11.0 Å². The lowest BCUT2D eigenvalue weighted by Crippen LogP contribution is -2.22. The number of rotatable bonds is 6. The van der Waals surface area contributed by atoms with Gasteiger partial charge in [-0.05, 0) is 44.6 Å². The summed E-state index contributed by atoms with van der Waals surface area (Å²) < 4.78 is 15.3. The van der Waals surface area contributed by atoms with Crippen LogP contribution < -0.4 is 4.74 Å². The SMILES string of the molecule is COc1c(Br)cnc2c1c(I)cn2COCC[Si](C)(C)C. The van der Waals surface area contributed by atoms with Crippen molar-refractivity contribution in [1.29, 1.82) is 0 Å². The van der Waals surface area contributed by atoms with Crippen LogP contribution in [-0.2, 0) is 11.5 Å². The van der Waals surface area contributed by atoms with Gasteiger partial charge in [-0.15, -0.1) is 0 Å². The van der Waals surface area contributed by atoms with Crippen LogP contribution in [0.1, 0.15) is 0 Å². The molecule has 2 aromatic rings. The Labute approximate surface area is 148 Å². The second-order valence-corrected chi connectivity index (χ2v) is 13.8. The number of fused-ring (bicyclic) bond motifs is 1. The highest BCUT2D eigenvalue weighted by atomic mass is 127. The molecule has 0 spiro atoms. The van der Waals surface area contributed by atoms with Crippen LogP contribution in [0.2, 0.25) is 25.7 Å². The minimum Gasteiger partial charge on any atom is -0.495 e. The predicted molar refractivity (Wildman–Crippen MR) is 101 cm³/mol. The summed E-state index contributed by atoms with van der Waals surface area (Å²) in [6.07, 6.45) is 3.83. The lowest BCUT2D eigenvalue weighted by atomic mass is 10.3. The molecule has 0 aliphatic heterocycles. The Balaban J connectivity index is 2.18. The number of hydrogen-bond donors (Lipinski definition) is 0. The molecular formula is C14H20BrIN2O2Si. The minimum absolute atomic E-state index is 0.530. The average Bonchev–Trinajstić information content (AvgIpc) is 2.71. The van der Waals surface area contributed by atoms with Crippen molar-refractivity contribution in [3.05, 3.63) is 20.4 Å². The van der Waals surface area contributed by atoms with Gasteiger partial charge >= 0.3 is 0 Å². The van der Waals surface area contributed by atoms with Crippen LogP contribution in [0.4, 0.5) is 0 Å². The van der Waals surface area contributed by atoms with Gasteiger partial charge in [-0.3, -0.25) is 0 Å². The van der Waals surface area contributed by atoms with E-state index in [0.29, 0.717) is 6.73 Å². The highest BCUT2D eigenvalue weighted by Gasteiger charge is 2.16. The zero-order valence-electron chi connectivity index (χ0n) is 12.7. The van der Waals surface area contributed by atoms with Gasteiger partial charge in [-0.1, -0.05) is 19.6 Å². The molecule has 0 fully saturated rings. The van der Waals surface area contributed by atoms with Crippen molar-refractivity contribution in [2.75, 3.05) is 13.7 Å². The summed E-state index contributed by atoms with van der Waals surface area (Å²) in [5.41, 5.74) is 0.896. The fraction of sp³-hybridized carbons (Fsp3) is 0.500. The van der Waals surface area contributed by atoms with Crippen LogP contribution in [-0.4, -0.2) is 31.3 Å². The largest absolute Gasteiger partial charge is 0.495 e. The van der Waals surface area contributed by atoms with E-state index < -0.39 is 8.07 Å². The minimum atomic E-state index is -1.04. The molecule has 0 aliphatic carbocycles. The van der Waals surface area contributed by atoms with Crippen molar-refractivity contribution in [3.63, 3.8) is 0 Å². The van der Waals surface area contributed by atoms with Crippen molar-refractivity contribution in [2.45, 2.75) is 32.4 Å². The molecule has 2 rings (SSSR count). The van der Waals surface area contributed by atoms with Crippen LogP contribution in [0, 0.1) is 3.57 Å². The molecule has 2 heterocycles. The highest BCUT2D eigenvalue weighted by Crippen LogP contribution is 2.35. The fourth-order valence-corrected chi connectivity index (χ4v) is 4.04. The van der Waals surface area contributed by atoms with Gasteiger partial charge in [-0.25, -0.2) is 4.98 Å². The van der Waals surface area contributed by atoms with Crippen LogP contribution in [0.15, 0.2) is 16.9 Å². The highest BCUT2D eigenvalue weighted by molar-refractivity contribution is 14.1. The van der Waals surface area contributed by atoms with Gasteiger partial charge in [0.2, 0.25) is 0 Å². The molecule has 0 unspecified atom stereocenters. The molecule has 0 saturated carbocycles. The third kappa shape index (κ3) is 4.20. The third-order valence-corrected chi connectivity index (χ3v) is 6.27. The first kappa shape index (κ1) is 17.2. The van der Waals surface area contributed by atoms with E-state index in [2.05, 4.69) is 69.3 Å². The zero-order chi connectivity index (χ0) is 15.6. The Kier molecular flexibility index (Phi) is 5.72. The quantitative estimate of drug-likeness (QED) is 0.339. The van der Waals surface area contributed by atoms with E-state index in [1.165, 1.54) is 6.04 Å². The number of methoxy groups -OCH3 is 1. The molecule has 0 aromatic carbocycles. The molecule has 0 aliphatic rings. The van der Waals surface area contributed by atoms with E-state index in [-0.39, 0.29) is 0 Å². The van der Waals surface area contributed by atoms with Gasteiger partial charge in [0, 0.05) is 30.6 Å². The number of ether oxygens (including phenoxy) is 2. The van der Waals surface area contributed by atoms with Gasteiger partial charge < -0.3 is 14.0 Å². The monoisotopic (exact) mass is 482 g/mol. The van der Waals surface area contributed by atoms with E-state index in [0.717, 1.165) is 31.4 Å². The Morgan fingerprint density at radius 2 is 2.10 bits per heavy atom. The molecule has 0 atom stereocenters. The smallest absolute Gasteiger partial charge is 0.146 e. The van der Waals surface area contributed by atoms with E-state index in [1.54, 1.807) is 13.3 Å². The first-order valence-electron chi connectivity index (χ1n) is 6.78. The summed E-state index contributed by atoms with van der Waals surface area (Å²) in [5.74, 6) is 0.824. The van der Waals surface area contributed by atoms with E-state index >= 15 is 0 Å². The maximum Gasteiger partial charge on any atom is 0.146 e. The number of halogens is 2. The van der Waals surface area contributed by atoms with Gasteiger partial charge in [0.1, 0.15) is 18.1 Å². The molecule has 0 radical (unpaired) electrons. The van der Waals surface area contributed by atoms with Crippen molar-refractivity contribution in [2.24, 2.45) is 0 Å². The molecule has 0 saturated heterocycles. The summed E-state index contributed by atoms with van der Waals surface area (Å²) >= 11 is 5.79. The predicted octanol–water partition coefficient (Wildman–Crippen LogP) is 4.72. The molecular weight excluding hydrogens is 463 g/mol. The zero-order valence-corrected chi connectivity index (χ0v) is 17.5. The third-order valence-electron chi connectivity index (χ3n) is 3.18. The summed E-state index contributed by atoms with van der Waals surface area (Å²) in [7, 11) is 0.634. The van der Waals surface area contributed by atoms with Gasteiger partial charge in [0.05, 0.1) is 17.0 Å². The summed E-state index contributed by atoms with van der Waals surface area (Å²) in [6.45, 7) is 8.40. The number of hydrogen-bond acceptors (Lipinski definition) is 3. The van der Waals surface area contributed by atoms with Crippen molar-refractivity contribution in [3.8, 4) is 5.75 Å². The molecule has 116 valence electrons. The maximum absolute atomic E-state index is 5.82. The number of nitrogens with zero attached hydrogens (tertiary/aromatic N) is 2. The molecule has 4 nitrogen and oxygen atoms in total. The standard InChI is InChI=1S/C14H20BrIN2O2Si/c1-19-13-10(15)7-17-14-12(13)11(16)8-18(14)9-20-5-6-21(2,3)4/h7-8H,5-6,9H2,1-4H3. The lowest BCUT2D eigenvalue weighted by molar-refractivity contribution is 0.0898. The van der Waals surface area contributed by atoms with Gasteiger partial charge in [0.15, 0.2) is 0 Å². The van der Waals surface area contributed by atoms with Gasteiger partial charge in [-0.2, -0.15) is 0 Å². The van der Waals surface area contributed by atoms with Crippen LogP contribution >= 0.6 is 38.5 Å². The van der Waals surface area contributed by atoms with Crippen molar-refractivity contribution < 1.29 is 9.47 Å². The molecule has 0 amide bonds. The van der Waals surface area contributed by atoms with E-state index in [4.69, 9.17) is 9.47 Å². The fourth-order valence-electron chi connectivity index (χ4n) is 2.00. The van der Waals surface area contributed by atoms with Crippen LogP contribution in [0.5, 0.6) is 5.75 Å². The molecule has 21 heavy (non-hydrogen) atoms. The summed E-state index contributed by atoms with van der Waals surface area (Å²) in [6, 6.07) is 1.17. The van der Waals surface area contributed by atoms with E-state index in [9.17, 15) is 0 Å². The average molecular weight is 483 g/mol. The summed E-state index contributed by atoms with van der Waals surface area (Å²) in [4.78, 5) is 4.50. The topological polar surface area (TPSA) is 36.3 Å². The Morgan fingerprint density at radius 1 is 1.38 bits per heavy atom. The molecule has 0 bridgehead atoms. The first-order valence-corrected chi connectivity index (χ1v) is 12.4. The molecule has 2 aromatic heterocycles. The maximum atomic E-state index is 5.82. The second-order valence-electron chi connectivity index (χ2n) is 6.13. The summed E-state index contributed by atoms with van der Waals surface area (Å²) in [5, 5.41) is 1.03. The molecule has 7 heteroatoms. The van der Waals surface area contributed by atoms with Crippen molar-refractivity contribution in [1.82, 2.24) is 9.55 Å². The van der Waals surface area contributed by atoms with Crippen molar-refractivity contribution >= 4 is 57.6 Å². The van der Waals surface area contributed by atoms with Gasteiger partial charge in [0.25, 0.3) is 0 Å².